The Morgan fingerprint density at radius 2 is 2.19 bits per heavy atom. The number of halogens is 1. The van der Waals surface area contributed by atoms with Gasteiger partial charge in [0.1, 0.15) is 0 Å². The van der Waals surface area contributed by atoms with Gasteiger partial charge in [0.05, 0.1) is 4.92 Å². The molecule has 0 aromatic heterocycles. The summed E-state index contributed by atoms with van der Waals surface area (Å²) in [4.78, 5) is 21.4. The first-order valence-electron chi connectivity index (χ1n) is 4.14. The van der Waals surface area contributed by atoms with Crippen molar-refractivity contribution in [1.29, 1.82) is 0 Å². The fraction of sp³-hybridized carbons (Fsp3) is 0.111. The minimum Gasteiger partial charge on any atom is -0.410 e. The van der Waals surface area contributed by atoms with E-state index in [0.717, 1.165) is 0 Å². The summed E-state index contributed by atoms with van der Waals surface area (Å²) in [6.45, 7) is 1.50. The van der Waals surface area contributed by atoms with Gasteiger partial charge in [-0.1, -0.05) is 16.8 Å². The normalized spacial score (nSPS) is 11.2. The molecular formula is C9H7ClN2O4. The predicted octanol–water partition coefficient (Wildman–Crippen LogP) is 2.11. The van der Waals surface area contributed by atoms with Crippen molar-refractivity contribution in [3.05, 3.63) is 39.4 Å². The van der Waals surface area contributed by atoms with Crippen molar-refractivity contribution < 1.29 is 14.9 Å². The third kappa shape index (κ3) is 2.34. The lowest BCUT2D eigenvalue weighted by Gasteiger charge is -2.00. The van der Waals surface area contributed by atoms with Gasteiger partial charge in [0.15, 0.2) is 0 Å². The van der Waals surface area contributed by atoms with E-state index >= 15 is 0 Å². The monoisotopic (exact) mass is 242 g/mol. The number of carbonyl (C=O) groups is 1. The minimum atomic E-state index is -0.692. The predicted molar refractivity (Wildman–Crippen MR) is 57.2 cm³/mol. The molecule has 7 heteroatoms. The fourth-order valence-corrected chi connectivity index (χ4v) is 1.28. The Morgan fingerprint density at radius 3 is 2.62 bits per heavy atom. The lowest BCUT2D eigenvalue weighted by molar-refractivity contribution is -0.385. The maximum atomic E-state index is 11.4. The number of nitro benzene ring substituents is 1. The average Bonchev–Trinajstić information content (AvgIpc) is 2.26. The maximum absolute atomic E-state index is 11.4. The number of nitrogens with zero attached hydrogens (tertiary/aromatic N) is 2. The molecule has 0 spiro atoms. The van der Waals surface area contributed by atoms with Crippen molar-refractivity contribution in [1.82, 2.24) is 0 Å². The zero-order valence-electron chi connectivity index (χ0n) is 8.18. The summed E-state index contributed by atoms with van der Waals surface area (Å²) in [5, 5.41) is 20.8. The highest BCUT2D eigenvalue weighted by Gasteiger charge is 2.16. The van der Waals surface area contributed by atoms with Gasteiger partial charge in [-0.3, -0.25) is 14.9 Å². The molecule has 0 radical (unpaired) electrons. The average molecular weight is 243 g/mol. The van der Waals surface area contributed by atoms with E-state index in [-0.39, 0.29) is 11.3 Å². The maximum Gasteiger partial charge on any atom is 0.272 e. The summed E-state index contributed by atoms with van der Waals surface area (Å²) in [5.74, 6) is -0.692. The van der Waals surface area contributed by atoms with Gasteiger partial charge in [0.25, 0.3) is 5.69 Å². The number of rotatable bonds is 3. The summed E-state index contributed by atoms with van der Waals surface area (Å²) < 4.78 is 0. The molecule has 1 rings (SSSR count). The fourth-order valence-electron chi connectivity index (χ4n) is 1.17. The van der Waals surface area contributed by atoms with Crippen LogP contribution in [0.2, 0.25) is 0 Å². The highest BCUT2D eigenvalue weighted by atomic mass is 35.5. The second-order valence-corrected chi connectivity index (χ2v) is 3.34. The van der Waals surface area contributed by atoms with Crippen LogP contribution < -0.4 is 0 Å². The molecule has 0 fully saturated rings. The highest BCUT2D eigenvalue weighted by molar-refractivity contribution is 6.84. The summed E-state index contributed by atoms with van der Waals surface area (Å²) >= 11 is 5.32. The molecule has 16 heavy (non-hydrogen) atoms. The van der Waals surface area contributed by atoms with Crippen LogP contribution in [0.1, 0.15) is 15.9 Å². The molecule has 0 heterocycles. The molecule has 0 saturated carbocycles. The van der Waals surface area contributed by atoms with Crippen molar-refractivity contribution in [2.75, 3.05) is 0 Å². The lowest BCUT2D eigenvalue weighted by atomic mass is 10.1. The van der Waals surface area contributed by atoms with E-state index in [1.54, 1.807) is 0 Å². The van der Waals surface area contributed by atoms with E-state index < -0.39 is 15.9 Å². The number of carbonyl (C=O) groups excluding carboxylic acids is 1. The molecule has 1 N–H and O–H groups in total. The third-order valence-corrected chi connectivity index (χ3v) is 2.18. The first-order chi connectivity index (χ1) is 7.47. The number of nitro groups is 1. The molecule has 0 aliphatic rings. The largest absolute Gasteiger partial charge is 0.410 e. The summed E-state index contributed by atoms with van der Waals surface area (Å²) in [5.41, 5.74) is 0.373. The quantitative estimate of drug-likeness (QED) is 0.289. The van der Waals surface area contributed by atoms with Crippen LogP contribution >= 0.6 is 11.6 Å². The van der Waals surface area contributed by atoms with Crippen molar-refractivity contribution in [2.24, 2.45) is 5.16 Å². The molecule has 0 aliphatic heterocycles. The molecule has 0 saturated heterocycles. The molecule has 1 aromatic rings. The van der Waals surface area contributed by atoms with Gasteiger partial charge in [-0.05, 0) is 19.1 Å². The number of benzene rings is 1. The summed E-state index contributed by atoms with van der Waals surface area (Å²) in [6.07, 6.45) is 0. The molecular weight excluding hydrogens is 236 g/mol. The van der Waals surface area contributed by atoms with Crippen LogP contribution in [0.15, 0.2) is 23.4 Å². The van der Waals surface area contributed by atoms with Gasteiger partial charge in [0, 0.05) is 17.2 Å². The first-order valence-corrected chi connectivity index (χ1v) is 4.52. The van der Waals surface area contributed by atoms with Gasteiger partial charge in [-0.25, -0.2) is 0 Å². The minimum absolute atomic E-state index is 0.0893. The number of Topliss-reactive ketones (excluding diaryl/α,β-unsaturated/α-hetero) is 1. The van der Waals surface area contributed by atoms with E-state index in [2.05, 4.69) is 5.16 Å². The van der Waals surface area contributed by atoms with Gasteiger partial charge in [-0.2, -0.15) is 0 Å². The standard InChI is InChI=1S/C9H7ClN2O4/c1-5-4-6(8(13)9(10)11-14)2-3-7(5)12(15)16/h2-4,14H,1H3/b11-9-. The number of aryl methyl sites for hydroxylation is 1. The van der Waals surface area contributed by atoms with Crippen LogP contribution in [0.3, 0.4) is 0 Å². The van der Waals surface area contributed by atoms with E-state index in [1.165, 1.54) is 25.1 Å². The topological polar surface area (TPSA) is 92.8 Å². The van der Waals surface area contributed by atoms with E-state index in [4.69, 9.17) is 16.8 Å². The summed E-state index contributed by atoms with van der Waals surface area (Å²) in [7, 11) is 0. The summed E-state index contributed by atoms with van der Waals surface area (Å²) in [6, 6.07) is 3.76. The van der Waals surface area contributed by atoms with Gasteiger partial charge < -0.3 is 5.21 Å². The smallest absolute Gasteiger partial charge is 0.272 e. The number of hydrogen-bond acceptors (Lipinski definition) is 5. The zero-order chi connectivity index (χ0) is 12.3. The van der Waals surface area contributed by atoms with Crippen LogP contribution in [0.5, 0.6) is 0 Å². The van der Waals surface area contributed by atoms with Gasteiger partial charge >= 0.3 is 0 Å². The lowest BCUT2D eigenvalue weighted by Crippen LogP contribution is -2.08. The second-order valence-electron chi connectivity index (χ2n) is 2.98. The third-order valence-electron chi connectivity index (χ3n) is 1.93. The van der Waals surface area contributed by atoms with E-state index in [9.17, 15) is 14.9 Å². The van der Waals surface area contributed by atoms with Crippen LogP contribution in [0.25, 0.3) is 0 Å². The van der Waals surface area contributed by atoms with Crippen molar-refractivity contribution in [2.45, 2.75) is 6.92 Å². The Bertz CT molecular complexity index is 484. The number of oxime groups is 1. The Balaban J connectivity index is 3.16. The Morgan fingerprint density at radius 1 is 1.56 bits per heavy atom. The van der Waals surface area contributed by atoms with Crippen molar-refractivity contribution in [3.8, 4) is 0 Å². The molecule has 84 valence electrons. The molecule has 1 aromatic carbocycles. The van der Waals surface area contributed by atoms with Gasteiger partial charge in [-0.15, -0.1) is 0 Å². The molecule has 0 bridgehead atoms. The van der Waals surface area contributed by atoms with E-state index in [0.29, 0.717) is 5.56 Å². The highest BCUT2D eigenvalue weighted by Crippen LogP contribution is 2.19. The van der Waals surface area contributed by atoms with E-state index in [1.807, 2.05) is 0 Å². The van der Waals surface area contributed by atoms with Gasteiger partial charge in [0.2, 0.25) is 11.0 Å². The SMILES string of the molecule is Cc1cc(C(=O)/C(Cl)=N/O)ccc1[N+](=O)[O-]. The van der Waals surface area contributed by atoms with Crippen LogP contribution in [-0.2, 0) is 0 Å². The molecule has 0 aliphatic carbocycles. The molecule has 0 amide bonds. The zero-order valence-corrected chi connectivity index (χ0v) is 8.93. The second kappa shape index (κ2) is 4.71. The Hall–Kier alpha value is -1.95. The van der Waals surface area contributed by atoms with Crippen LogP contribution in [-0.4, -0.2) is 21.1 Å². The van der Waals surface area contributed by atoms with Crippen molar-refractivity contribution in [3.63, 3.8) is 0 Å². The molecule has 0 unspecified atom stereocenters. The molecule has 0 atom stereocenters. The number of ketones is 1. The Kier molecular flexibility index (Phi) is 3.57. The van der Waals surface area contributed by atoms with Crippen LogP contribution in [0.4, 0.5) is 5.69 Å². The van der Waals surface area contributed by atoms with Crippen LogP contribution in [0, 0.1) is 17.0 Å². The number of hydrogen-bond donors (Lipinski definition) is 1. The Labute approximate surface area is 95.3 Å². The first kappa shape index (κ1) is 12.1. The van der Waals surface area contributed by atoms with Crippen molar-refractivity contribution >= 4 is 28.2 Å². The molecule has 6 nitrogen and oxygen atoms in total.